The quantitative estimate of drug-likeness (QED) is 0.618. The standard InChI is InChI=1S/C21H29N3O5S/c1-15-12-18(16(2)22(15)3)19(25)14-23-8-10-24(11-9-23)30(26,27)21-13-17(28-4)6-7-20(21)29-5/h6-7,12-13H,8-11,14H2,1-5H3. The molecule has 1 aromatic carbocycles. The van der Waals surface area contributed by atoms with Crippen LogP contribution in [-0.4, -0.2) is 74.9 Å². The summed E-state index contributed by atoms with van der Waals surface area (Å²) in [6.45, 7) is 5.78. The maximum atomic E-state index is 13.2. The lowest BCUT2D eigenvalue weighted by Gasteiger charge is -2.33. The number of methoxy groups -OCH3 is 2. The molecule has 3 rings (SSSR count). The highest BCUT2D eigenvalue weighted by atomic mass is 32.2. The lowest BCUT2D eigenvalue weighted by molar-refractivity contribution is 0.0901. The number of hydrogen-bond acceptors (Lipinski definition) is 6. The number of rotatable bonds is 7. The van der Waals surface area contributed by atoms with Crippen molar-refractivity contribution in [1.29, 1.82) is 0 Å². The van der Waals surface area contributed by atoms with Gasteiger partial charge in [0.15, 0.2) is 5.78 Å². The fraction of sp³-hybridized carbons (Fsp3) is 0.476. The summed E-state index contributed by atoms with van der Waals surface area (Å²) in [4.78, 5) is 14.8. The van der Waals surface area contributed by atoms with E-state index in [1.54, 1.807) is 12.1 Å². The van der Waals surface area contributed by atoms with E-state index in [1.807, 2.05) is 36.4 Å². The van der Waals surface area contributed by atoms with Crippen LogP contribution >= 0.6 is 0 Å². The molecule has 1 saturated heterocycles. The van der Waals surface area contributed by atoms with Crippen LogP contribution in [0.5, 0.6) is 11.5 Å². The van der Waals surface area contributed by atoms with Crippen LogP contribution in [0, 0.1) is 13.8 Å². The Balaban J connectivity index is 1.69. The van der Waals surface area contributed by atoms with E-state index < -0.39 is 10.0 Å². The molecule has 164 valence electrons. The summed E-state index contributed by atoms with van der Waals surface area (Å²) >= 11 is 0. The fourth-order valence-corrected chi connectivity index (χ4v) is 5.27. The molecule has 0 spiro atoms. The number of Topliss-reactive ketones (excluding diaryl/α,β-unsaturated/α-hetero) is 1. The second kappa shape index (κ2) is 8.79. The average molecular weight is 436 g/mol. The smallest absolute Gasteiger partial charge is 0.246 e. The van der Waals surface area contributed by atoms with Crippen LogP contribution in [-0.2, 0) is 17.1 Å². The average Bonchev–Trinajstić information content (AvgIpc) is 3.01. The molecule has 30 heavy (non-hydrogen) atoms. The molecule has 1 aromatic heterocycles. The molecule has 2 heterocycles. The maximum absolute atomic E-state index is 13.2. The van der Waals surface area contributed by atoms with Crippen molar-refractivity contribution >= 4 is 15.8 Å². The molecule has 0 unspecified atom stereocenters. The highest BCUT2D eigenvalue weighted by Gasteiger charge is 2.32. The molecule has 2 aromatic rings. The molecular formula is C21H29N3O5S. The van der Waals surface area contributed by atoms with Crippen molar-refractivity contribution in [2.45, 2.75) is 18.7 Å². The minimum absolute atomic E-state index is 0.0574. The molecule has 1 aliphatic heterocycles. The van der Waals surface area contributed by atoms with Crippen molar-refractivity contribution in [3.05, 3.63) is 41.2 Å². The zero-order valence-electron chi connectivity index (χ0n) is 18.1. The number of sulfonamides is 1. The van der Waals surface area contributed by atoms with Crippen molar-refractivity contribution in [2.24, 2.45) is 7.05 Å². The van der Waals surface area contributed by atoms with Gasteiger partial charge in [-0.2, -0.15) is 4.31 Å². The summed E-state index contributed by atoms with van der Waals surface area (Å²) in [5.74, 6) is 0.789. The van der Waals surface area contributed by atoms with E-state index in [0.29, 0.717) is 31.9 Å². The van der Waals surface area contributed by atoms with Gasteiger partial charge in [0.1, 0.15) is 16.4 Å². The van der Waals surface area contributed by atoms with E-state index in [-0.39, 0.29) is 23.0 Å². The zero-order chi connectivity index (χ0) is 22.1. The van der Waals surface area contributed by atoms with Gasteiger partial charge in [0.2, 0.25) is 10.0 Å². The van der Waals surface area contributed by atoms with E-state index in [0.717, 1.165) is 17.0 Å². The topological polar surface area (TPSA) is 81.1 Å². The summed E-state index contributed by atoms with van der Waals surface area (Å²) in [5.41, 5.74) is 2.72. The molecule has 0 saturated carbocycles. The number of ether oxygens (including phenoxy) is 2. The van der Waals surface area contributed by atoms with Gasteiger partial charge >= 0.3 is 0 Å². The molecule has 0 bridgehead atoms. The van der Waals surface area contributed by atoms with Gasteiger partial charge in [-0.05, 0) is 32.0 Å². The van der Waals surface area contributed by atoms with E-state index >= 15 is 0 Å². The SMILES string of the molecule is COc1ccc(OC)c(S(=O)(=O)N2CCN(CC(=O)c3cc(C)n(C)c3C)CC2)c1. The van der Waals surface area contributed by atoms with E-state index in [1.165, 1.54) is 24.6 Å². The van der Waals surface area contributed by atoms with E-state index in [9.17, 15) is 13.2 Å². The van der Waals surface area contributed by atoms with Crippen LogP contribution < -0.4 is 9.47 Å². The van der Waals surface area contributed by atoms with Gasteiger partial charge in [0, 0.05) is 56.2 Å². The normalized spacial score (nSPS) is 15.9. The van der Waals surface area contributed by atoms with Crippen LogP contribution in [0.4, 0.5) is 0 Å². The Hall–Kier alpha value is -2.36. The lowest BCUT2D eigenvalue weighted by Crippen LogP contribution is -2.49. The second-order valence-electron chi connectivity index (χ2n) is 7.46. The predicted octanol–water partition coefficient (Wildman–Crippen LogP) is 1.85. The number of nitrogens with zero attached hydrogens (tertiary/aromatic N) is 3. The lowest BCUT2D eigenvalue weighted by atomic mass is 10.1. The summed E-state index contributed by atoms with van der Waals surface area (Å²) in [6, 6.07) is 6.64. The van der Waals surface area contributed by atoms with Crippen LogP contribution in [0.15, 0.2) is 29.2 Å². The largest absolute Gasteiger partial charge is 0.497 e. The molecule has 0 amide bonds. The van der Waals surface area contributed by atoms with Crippen LogP contribution in [0.1, 0.15) is 21.7 Å². The number of aromatic nitrogens is 1. The number of carbonyl (C=O) groups excluding carboxylic acids is 1. The summed E-state index contributed by atoms with van der Waals surface area (Å²) in [5, 5.41) is 0. The van der Waals surface area contributed by atoms with Crippen LogP contribution in [0.2, 0.25) is 0 Å². The molecule has 8 nitrogen and oxygen atoms in total. The first-order valence-electron chi connectivity index (χ1n) is 9.79. The molecule has 1 aliphatic rings. The molecule has 0 atom stereocenters. The fourth-order valence-electron chi connectivity index (χ4n) is 3.68. The Morgan fingerprint density at radius 2 is 1.70 bits per heavy atom. The highest BCUT2D eigenvalue weighted by Crippen LogP contribution is 2.31. The summed E-state index contributed by atoms with van der Waals surface area (Å²) in [6.07, 6.45) is 0. The minimum Gasteiger partial charge on any atom is -0.497 e. The molecule has 0 aliphatic carbocycles. The summed E-state index contributed by atoms with van der Waals surface area (Å²) in [7, 11) is 1.14. The number of benzene rings is 1. The summed E-state index contributed by atoms with van der Waals surface area (Å²) < 4.78 is 40.2. The third-order valence-electron chi connectivity index (χ3n) is 5.76. The van der Waals surface area contributed by atoms with Gasteiger partial charge in [-0.1, -0.05) is 0 Å². The Labute approximate surface area is 178 Å². The first kappa shape index (κ1) is 22.3. The van der Waals surface area contributed by atoms with Gasteiger partial charge in [-0.25, -0.2) is 8.42 Å². The molecule has 0 N–H and O–H groups in total. The van der Waals surface area contributed by atoms with Crippen molar-refractivity contribution < 1.29 is 22.7 Å². The number of hydrogen-bond donors (Lipinski definition) is 0. The van der Waals surface area contributed by atoms with Crippen molar-refractivity contribution in [1.82, 2.24) is 13.8 Å². The van der Waals surface area contributed by atoms with Gasteiger partial charge in [-0.3, -0.25) is 9.69 Å². The molecule has 1 fully saturated rings. The zero-order valence-corrected chi connectivity index (χ0v) is 19.0. The van der Waals surface area contributed by atoms with Crippen molar-refractivity contribution in [2.75, 3.05) is 46.9 Å². The van der Waals surface area contributed by atoms with Crippen molar-refractivity contribution in [3.63, 3.8) is 0 Å². The monoisotopic (exact) mass is 435 g/mol. The van der Waals surface area contributed by atoms with Crippen LogP contribution in [0.25, 0.3) is 0 Å². The van der Waals surface area contributed by atoms with Crippen molar-refractivity contribution in [3.8, 4) is 11.5 Å². The predicted molar refractivity (Wildman–Crippen MR) is 114 cm³/mol. The Morgan fingerprint density at radius 3 is 2.23 bits per heavy atom. The molecular weight excluding hydrogens is 406 g/mol. The van der Waals surface area contributed by atoms with Gasteiger partial charge in [0.25, 0.3) is 0 Å². The van der Waals surface area contributed by atoms with E-state index in [2.05, 4.69) is 0 Å². The minimum atomic E-state index is -3.74. The molecule has 0 radical (unpaired) electrons. The molecule has 9 heteroatoms. The second-order valence-corrected chi connectivity index (χ2v) is 9.37. The highest BCUT2D eigenvalue weighted by molar-refractivity contribution is 7.89. The van der Waals surface area contributed by atoms with Gasteiger partial charge in [0.05, 0.1) is 20.8 Å². The van der Waals surface area contributed by atoms with Gasteiger partial charge in [-0.15, -0.1) is 0 Å². The van der Waals surface area contributed by atoms with Crippen LogP contribution in [0.3, 0.4) is 0 Å². The Bertz CT molecular complexity index is 1040. The first-order valence-corrected chi connectivity index (χ1v) is 11.2. The Kier molecular flexibility index (Phi) is 6.54. The van der Waals surface area contributed by atoms with Gasteiger partial charge < -0.3 is 14.0 Å². The first-order chi connectivity index (χ1) is 14.2. The third-order valence-corrected chi connectivity index (χ3v) is 7.68. The number of carbonyl (C=O) groups is 1. The number of piperazine rings is 1. The Morgan fingerprint density at radius 1 is 1.03 bits per heavy atom. The number of ketones is 1. The number of aryl methyl sites for hydroxylation is 1. The van der Waals surface area contributed by atoms with E-state index in [4.69, 9.17) is 9.47 Å². The third kappa shape index (κ3) is 4.23. The maximum Gasteiger partial charge on any atom is 0.246 e.